The minimum atomic E-state index is -0.503. The molecule has 0 radical (unpaired) electrons. The van der Waals surface area contributed by atoms with Crippen molar-refractivity contribution in [2.24, 2.45) is 0 Å². The van der Waals surface area contributed by atoms with Gasteiger partial charge in [0.2, 0.25) is 0 Å². The average Bonchev–Trinajstić information content (AvgIpc) is 2.54. The molecular formula is C13H11NO. The number of aliphatic hydroxyl groups is 1. The van der Waals surface area contributed by atoms with Crippen LogP contribution in [0.15, 0.2) is 42.5 Å². The van der Waals surface area contributed by atoms with Gasteiger partial charge in [-0.1, -0.05) is 30.3 Å². The summed E-state index contributed by atoms with van der Waals surface area (Å²) in [5.74, 6) is 0. The summed E-state index contributed by atoms with van der Waals surface area (Å²) in [6, 6.07) is 13.5. The number of benzene rings is 2. The molecule has 1 aliphatic rings. The molecule has 0 amide bonds. The fourth-order valence-corrected chi connectivity index (χ4v) is 2.19. The highest BCUT2D eigenvalue weighted by Crippen LogP contribution is 2.43. The molecule has 0 heterocycles. The Morgan fingerprint density at radius 3 is 2.53 bits per heavy atom. The molecule has 0 unspecified atom stereocenters. The molecule has 0 bridgehead atoms. The predicted octanol–water partition coefficient (Wildman–Crippen LogP) is 2.33. The second kappa shape index (κ2) is 2.84. The molecule has 2 heteroatoms. The first-order valence-corrected chi connectivity index (χ1v) is 4.94. The Labute approximate surface area is 88.0 Å². The van der Waals surface area contributed by atoms with Crippen LogP contribution in [0.5, 0.6) is 0 Å². The molecular weight excluding hydrogens is 186 g/mol. The van der Waals surface area contributed by atoms with E-state index in [1.54, 1.807) is 0 Å². The van der Waals surface area contributed by atoms with Gasteiger partial charge in [-0.2, -0.15) is 0 Å². The number of fused-ring (bicyclic) bond motifs is 3. The number of nitrogen functional groups attached to an aromatic ring is 1. The predicted molar refractivity (Wildman–Crippen MR) is 60.4 cm³/mol. The first-order valence-electron chi connectivity index (χ1n) is 4.94. The first-order chi connectivity index (χ1) is 7.27. The van der Waals surface area contributed by atoms with E-state index < -0.39 is 6.10 Å². The topological polar surface area (TPSA) is 46.2 Å². The van der Waals surface area contributed by atoms with Gasteiger partial charge in [0.15, 0.2) is 0 Å². The quantitative estimate of drug-likeness (QED) is 0.637. The van der Waals surface area contributed by atoms with Crippen molar-refractivity contribution in [1.29, 1.82) is 0 Å². The van der Waals surface area contributed by atoms with Crippen LogP contribution >= 0.6 is 0 Å². The van der Waals surface area contributed by atoms with Crippen LogP contribution in [0.25, 0.3) is 11.1 Å². The lowest BCUT2D eigenvalue weighted by Gasteiger charge is -2.04. The van der Waals surface area contributed by atoms with Gasteiger partial charge in [-0.25, -0.2) is 0 Å². The molecule has 74 valence electrons. The van der Waals surface area contributed by atoms with E-state index in [1.165, 1.54) is 0 Å². The average molecular weight is 197 g/mol. The number of hydrogen-bond donors (Lipinski definition) is 2. The van der Waals surface area contributed by atoms with Crippen LogP contribution in [0.4, 0.5) is 5.69 Å². The molecule has 0 fully saturated rings. The molecule has 3 N–H and O–H groups in total. The van der Waals surface area contributed by atoms with Gasteiger partial charge in [0.05, 0.1) is 0 Å². The molecule has 1 atom stereocenters. The van der Waals surface area contributed by atoms with Crippen LogP contribution in [0.2, 0.25) is 0 Å². The minimum Gasteiger partial charge on any atom is -0.399 e. The standard InChI is InChI=1S/C13H11NO/c14-8-5-6-11-12(7-8)9-3-1-2-4-10(9)13(11)15/h1-7,13,15H,14H2/t13-/m0/s1. The monoisotopic (exact) mass is 197 g/mol. The molecule has 1 aliphatic carbocycles. The highest BCUT2D eigenvalue weighted by Gasteiger charge is 2.26. The summed E-state index contributed by atoms with van der Waals surface area (Å²) in [5, 5.41) is 10.1. The third kappa shape index (κ3) is 1.09. The van der Waals surface area contributed by atoms with E-state index in [9.17, 15) is 5.11 Å². The fourth-order valence-electron chi connectivity index (χ4n) is 2.19. The molecule has 0 aliphatic heterocycles. The van der Waals surface area contributed by atoms with Gasteiger partial charge in [-0.05, 0) is 34.4 Å². The van der Waals surface area contributed by atoms with Crippen LogP contribution in [0.1, 0.15) is 17.2 Å². The Balaban J connectivity index is 2.34. The van der Waals surface area contributed by atoms with Crippen LogP contribution in [-0.4, -0.2) is 5.11 Å². The summed E-state index contributed by atoms with van der Waals surface area (Å²) in [7, 11) is 0. The van der Waals surface area contributed by atoms with Gasteiger partial charge in [0, 0.05) is 5.69 Å². The van der Waals surface area contributed by atoms with Crippen LogP contribution in [0.3, 0.4) is 0 Å². The van der Waals surface area contributed by atoms with Gasteiger partial charge < -0.3 is 10.8 Å². The first kappa shape index (κ1) is 8.50. The maximum absolute atomic E-state index is 10.1. The molecule has 0 saturated carbocycles. The van der Waals surface area contributed by atoms with E-state index >= 15 is 0 Å². The van der Waals surface area contributed by atoms with E-state index in [2.05, 4.69) is 0 Å². The van der Waals surface area contributed by atoms with E-state index in [0.717, 1.165) is 27.9 Å². The van der Waals surface area contributed by atoms with E-state index in [4.69, 9.17) is 5.73 Å². The maximum atomic E-state index is 10.1. The van der Waals surface area contributed by atoms with Crippen molar-refractivity contribution in [3.05, 3.63) is 53.6 Å². The van der Waals surface area contributed by atoms with Crippen molar-refractivity contribution in [3.8, 4) is 11.1 Å². The second-order valence-corrected chi connectivity index (χ2v) is 3.84. The summed E-state index contributed by atoms with van der Waals surface area (Å²) in [5.41, 5.74) is 10.5. The van der Waals surface area contributed by atoms with Crippen molar-refractivity contribution in [2.45, 2.75) is 6.10 Å². The highest BCUT2D eigenvalue weighted by molar-refractivity contribution is 5.80. The zero-order chi connectivity index (χ0) is 10.4. The molecule has 0 saturated heterocycles. The van der Waals surface area contributed by atoms with Gasteiger partial charge in [0.25, 0.3) is 0 Å². The minimum absolute atomic E-state index is 0.503. The Kier molecular flexibility index (Phi) is 1.61. The third-order valence-electron chi connectivity index (χ3n) is 2.92. The van der Waals surface area contributed by atoms with Crippen molar-refractivity contribution in [2.75, 3.05) is 5.73 Å². The van der Waals surface area contributed by atoms with Gasteiger partial charge in [0.1, 0.15) is 6.10 Å². The lowest BCUT2D eigenvalue weighted by Crippen LogP contribution is -1.93. The summed E-state index contributed by atoms with van der Waals surface area (Å²) >= 11 is 0. The Hall–Kier alpha value is -1.80. The zero-order valence-electron chi connectivity index (χ0n) is 8.14. The third-order valence-corrected chi connectivity index (χ3v) is 2.92. The Morgan fingerprint density at radius 1 is 0.933 bits per heavy atom. The summed E-state index contributed by atoms with van der Waals surface area (Å²) in [4.78, 5) is 0. The molecule has 3 rings (SSSR count). The number of hydrogen-bond acceptors (Lipinski definition) is 2. The maximum Gasteiger partial charge on any atom is 0.105 e. The largest absolute Gasteiger partial charge is 0.399 e. The summed E-state index contributed by atoms with van der Waals surface area (Å²) < 4.78 is 0. The van der Waals surface area contributed by atoms with Crippen molar-refractivity contribution in [3.63, 3.8) is 0 Å². The fraction of sp³-hybridized carbons (Fsp3) is 0.0769. The molecule has 2 aromatic rings. The number of rotatable bonds is 0. The number of nitrogens with two attached hydrogens (primary N) is 1. The van der Waals surface area contributed by atoms with E-state index in [0.29, 0.717) is 0 Å². The molecule has 0 spiro atoms. The SMILES string of the molecule is Nc1ccc2c(c1)-c1ccccc1[C@@H]2O. The van der Waals surface area contributed by atoms with Crippen LogP contribution < -0.4 is 5.73 Å². The highest BCUT2D eigenvalue weighted by atomic mass is 16.3. The normalized spacial score (nSPS) is 17.3. The second-order valence-electron chi connectivity index (χ2n) is 3.84. The Bertz CT molecular complexity index is 534. The van der Waals surface area contributed by atoms with Gasteiger partial charge in [-0.3, -0.25) is 0 Å². The van der Waals surface area contributed by atoms with Gasteiger partial charge >= 0.3 is 0 Å². The van der Waals surface area contributed by atoms with E-state index in [1.807, 2.05) is 42.5 Å². The Morgan fingerprint density at radius 2 is 1.67 bits per heavy atom. The number of aliphatic hydroxyl groups excluding tert-OH is 1. The summed E-state index contributed by atoms with van der Waals surface area (Å²) in [6.45, 7) is 0. The van der Waals surface area contributed by atoms with Gasteiger partial charge in [-0.15, -0.1) is 0 Å². The molecule has 2 aromatic carbocycles. The van der Waals surface area contributed by atoms with Crippen molar-refractivity contribution in [1.82, 2.24) is 0 Å². The zero-order valence-corrected chi connectivity index (χ0v) is 8.14. The smallest absolute Gasteiger partial charge is 0.105 e. The number of anilines is 1. The lowest BCUT2D eigenvalue weighted by molar-refractivity contribution is 0.225. The van der Waals surface area contributed by atoms with Crippen LogP contribution in [-0.2, 0) is 0 Å². The summed E-state index contributed by atoms with van der Waals surface area (Å²) in [6.07, 6.45) is -0.503. The van der Waals surface area contributed by atoms with Crippen molar-refractivity contribution >= 4 is 5.69 Å². The molecule has 0 aromatic heterocycles. The van der Waals surface area contributed by atoms with E-state index in [-0.39, 0.29) is 0 Å². The lowest BCUT2D eigenvalue weighted by atomic mass is 10.1. The molecule has 2 nitrogen and oxygen atoms in total. The molecule has 15 heavy (non-hydrogen) atoms. The van der Waals surface area contributed by atoms with Crippen LogP contribution in [0, 0.1) is 0 Å². The van der Waals surface area contributed by atoms with Crippen molar-refractivity contribution < 1.29 is 5.11 Å².